The predicted molar refractivity (Wildman–Crippen MR) is 42.1 cm³/mol. The lowest BCUT2D eigenvalue weighted by Gasteiger charge is -2.19. The Hall–Kier alpha value is -0.0400. The molecular weight excluding hydrogens is 110 g/mol. The molecule has 0 aromatic heterocycles. The number of hydrogen-bond donors (Lipinski definition) is 0. The van der Waals surface area contributed by atoms with E-state index in [-0.39, 0.29) is 0 Å². The summed E-state index contributed by atoms with van der Waals surface area (Å²) in [5.74, 6) is 0. The average Bonchev–Trinajstić information content (AvgIpc) is 1.59. The van der Waals surface area contributed by atoms with Gasteiger partial charge in [0, 0.05) is 6.54 Å². The third-order valence-corrected chi connectivity index (χ3v) is 1.07. The van der Waals surface area contributed by atoms with Gasteiger partial charge in [-0.05, 0) is 25.9 Å². The Bertz CT molecular complexity index is 69.1. The van der Waals surface area contributed by atoms with Crippen LogP contribution in [-0.4, -0.2) is 19.0 Å². The van der Waals surface area contributed by atoms with Crippen LogP contribution < -0.4 is 0 Å². The van der Waals surface area contributed by atoms with Crippen LogP contribution in [0.3, 0.4) is 0 Å². The summed E-state index contributed by atoms with van der Waals surface area (Å²) < 4.78 is 0. The van der Waals surface area contributed by atoms with Crippen LogP contribution in [0.4, 0.5) is 0 Å². The van der Waals surface area contributed by atoms with E-state index in [1.807, 2.05) is 0 Å². The number of nitrogens with zero attached hydrogens (tertiary/aromatic N) is 1. The lowest BCUT2D eigenvalue weighted by atomic mass is 9.92. The summed E-state index contributed by atoms with van der Waals surface area (Å²) in [6, 6.07) is 0. The zero-order valence-corrected chi connectivity index (χ0v) is 7.23. The predicted octanol–water partition coefficient (Wildman–Crippen LogP) is 2.15. The van der Waals surface area contributed by atoms with E-state index in [9.17, 15) is 0 Å². The Labute approximate surface area is 59.1 Å². The third kappa shape index (κ3) is 7.96. The summed E-state index contributed by atoms with van der Waals surface area (Å²) >= 11 is 0. The van der Waals surface area contributed by atoms with E-state index in [0.29, 0.717) is 5.41 Å². The molecule has 0 heterocycles. The van der Waals surface area contributed by atoms with E-state index in [0.717, 1.165) is 6.42 Å². The van der Waals surface area contributed by atoms with Gasteiger partial charge >= 0.3 is 0 Å². The van der Waals surface area contributed by atoms with Gasteiger partial charge in [-0.3, -0.25) is 0 Å². The molecule has 0 atom stereocenters. The molecule has 0 aliphatic carbocycles. The van der Waals surface area contributed by atoms with Crippen molar-refractivity contribution >= 4 is 0 Å². The highest BCUT2D eigenvalue weighted by Gasteiger charge is 2.09. The van der Waals surface area contributed by atoms with Crippen molar-refractivity contribution in [3.05, 3.63) is 6.54 Å². The molecule has 0 aliphatic heterocycles. The molecule has 0 unspecified atom stereocenters. The molecule has 0 aromatic rings. The maximum absolute atomic E-state index is 2.24. The second kappa shape index (κ2) is 3.21. The first-order chi connectivity index (χ1) is 3.92. The average molecular weight is 128 g/mol. The van der Waals surface area contributed by atoms with E-state index in [2.05, 4.69) is 46.3 Å². The summed E-state index contributed by atoms with van der Waals surface area (Å²) in [5, 5.41) is 0. The van der Waals surface area contributed by atoms with Crippen molar-refractivity contribution in [2.75, 3.05) is 14.1 Å². The van der Waals surface area contributed by atoms with Gasteiger partial charge in [0.1, 0.15) is 0 Å². The zero-order valence-electron chi connectivity index (χ0n) is 7.23. The van der Waals surface area contributed by atoms with E-state index in [1.165, 1.54) is 0 Å². The summed E-state index contributed by atoms with van der Waals surface area (Å²) in [5.41, 5.74) is 0.435. The van der Waals surface area contributed by atoms with Gasteiger partial charge in [-0.1, -0.05) is 20.8 Å². The molecule has 1 nitrogen and oxygen atoms in total. The maximum atomic E-state index is 2.24. The van der Waals surface area contributed by atoms with E-state index >= 15 is 0 Å². The van der Waals surface area contributed by atoms with Crippen LogP contribution >= 0.6 is 0 Å². The molecule has 0 fully saturated rings. The molecule has 0 aliphatic rings. The Morgan fingerprint density at radius 3 is 1.78 bits per heavy atom. The Kier molecular flexibility index (Phi) is 3.20. The molecule has 0 saturated heterocycles. The Morgan fingerprint density at radius 1 is 1.22 bits per heavy atom. The molecule has 9 heavy (non-hydrogen) atoms. The lowest BCUT2D eigenvalue weighted by molar-refractivity contribution is 0.347. The fraction of sp³-hybridized carbons (Fsp3) is 0.875. The minimum Gasteiger partial charge on any atom is -0.305 e. The molecule has 0 spiro atoms. The standard InChI is InChI=1S/C8H18N/c1-8(2,3)6-7-9(4)5/h7H,6H2,1-5H3. The van der Waals surface area contributed by atoms with Crippen molar-refractivity contribution in [2.45, 2.75) is 27.2 Å². The molecular formula is C8H18N. The minimum absolute atomic E-state index is 0.435. The van der Waals surface area contributed by atoms with Crippen molar-refractivity contribution in [3.8, 4) is 0 Å². The lowest BCUT2D eigenvalue weighted by Crippen LogP contribution is -2.14. The first kappa shape index (κ1) is 8.96. The summed E-state index contributed by atoms with van der Waals surface area (Å²) in [4.78, 5) is 2.10. The molecule has 1 heteroatoms. The van der Waals surface area contributed by atoms with Crippen molar-refractivity contribution in [1.82, 2.24) is 4.90 Å². The molecule has 0 N–H and O–H groups in total. The highest BCUT2D eigenvalue weighted by molar-refractivity contribution is 4.71. The molecule has 0 amide bonds. The van der Waals surface area contributed by atoms with Crippen LogP contribution in [0, 0.1) is 12.0 Å². The topological polar surface area (TPSA) is 3.24 Å². The summed E-state index contributed by atoms with van der Waals surface area (Å²) in [6.07, 6.45) is 1.15. The summed E-state index contributed by atoms with van der Waals surface area (Å²) in [6.45, 7) is 8.94. The van der Waals surface area contributed by atoms with Crippen LogP contribution in [0.2, 0.25) is 0 Å². The van der Waals surface area contributed by atoms with Crippen LogP contribution in [0.1, 0.15) is 27.2 Å². The fourth-order valence-corrected chi connectivity index (χ4v) is 0.456. The largest absolute Gasteiger partial charge is 0.305 e. The monoisotopic (exact) mass is 128 g/mol. The van der Waals surface area contributed by atoms with Crippen LogP contribution in [-0.2, 0) is 0 Å². The van der Waals surface area contributed by atoms with Crippen molar-refractivity contribution in [1.29, 1.82) is 0 Å². The van der Waals surface area contributed by atoms with Crippen molar-refractivity contribution in [3.63, 3.8) is 0 Å². The molecule has 1 radical (unpaired) electrons. The van der Waals surface area contributed by atoms with Gasteiger partial charge in [0.25, 0.3) is 0 Å². The fourth-order valence-electron chi connectivity index (χ4n) is 0.456. The minimum atomic E-state index is 0.435. The van der Waals surface area contributed by atoms with E-state index in [4.69, 9.17) is 0 Å². The van der Waals surface area contributed by atoms with Gasteiger partial charge in [-0.15, -0.1) is 0 Å². The smallest absolute Gasteiger partial charge is 0.0250 e. The van der Waals surface area contributed by atoms with Crippen LogP contribution in [0.15, 0.2) is 0 Å². The molecule has 55 valence electrons. The first-order valence-corrected chi connectivity index (χ1v) is 3.41. The van der Waals surface area contributed by atoms with Gasteiger partial charge in [-0.2, -0.15) is 0 Å². The maximum Gasteiger partial charge on any atom is 0.0250 e. The van der Waals surface area contributed by atoms with E-state index < -0.39 is 0 Å². The van der Waals surface area contributed by atoms with Gasteiger partial charge in [-0.25, -0.2) is 0 Å². The molecule has 0 saturated carbocycles. The molecule has 0 bridgehead atoms. The third-order valence-electron chi connectivity index (χ3n) is 1.07. The van der Waals surface area contributed by atoms with Gasteiger partial charge in [0.2, 0.25) is 0 Å². The quantitative estimate of drug-likeness (QED) is 0.550. The first-order valence-electron chi connectivity index (χ1n) is 3.41. The van der Waals surface area contributed by atoms with Crippen molar-refractivity contribution < 1.29 is 0 Å². The second-order valence-electron chi connectivity index (χ2n) is 3.91. The highest BCUT2D eigenvalue weighted by atomic mass is 15.0. The zero-order chi connectivity index (χ0) is 7.49. The van der Waals surface area contributed by atoms with Gasteiger partial charge in [0.05, 0.1) is 0 Å². The van der Waals surface area contributed by atoms with Gasteiger partial charge in [0.15, 0.2) is 0 Å². The molecule has 0 rings (SSSR count). The Morgan fingerprint density at radius 2 is 1.67 bits per heavy atom. The number of hydrogen-bond acceptors (Lipinski definition) is 1. The molecule has 0 aromatic carbocycles. The highest BCUT2D eigenvalue weighted by Crippen LogP contribution is 2.19. The van der Waals surface area contributed by atoms with Crippen LogP contribution in [0.5, 0.6) is 0 Å². The van der Waals surface area contributed by atoms with Crippen LogP contribution in [0.25, 0.3) is 0 Å². The van der Waals surface area contributed by atoms with Crippen molar-refractivity contribution in [2.24, 2.45) is 5.41 Å². The normalized spacial score (nSPS) is 12.7. The van der Waals surface area contributed by atoms with Gasteiger partial charge < -0.3 is 4.90 Å². The Balaban J connectivity index is 3.28. The number of rotatable bonds is 2. The summed E-state index contributed by atoms with van der Waals surface area (Å²) in [7, 11) is 4.12. The van der Waals surface area contributed by atoms with E-state index in [1.54, 1.807) is 0 Å². The SMILES string of the molecule is CN(C)[CH]CC(C)(C)C. The second-order valence-corrected chi connectivity index (χ2v) is 3.91.